The van der Waals surface area contributed by atoms with E-state index in [1.165, 1.54) is 68.9 Å². The zero-order valence-corrected chi connectivity index (χ0v) is 26.7. The first-order valence-corrected chi connectivity index (χ1v) is 17.3. The first-order valence-electron chi connectivity index (χ1n) is 14.3. The van der Waals surface area contributed by atoms with Crippen LogP contribution in [-0.4, -0.2) is 31.0 Å². The molecule has 4 aromatic carbocycles. The maximum Gasteiger partial charge on any atom is 0.0891 e. The number of quaternary nitrogens is 1. The Morgan fingerprint density at radius 1 is 0.436 bits per heavy atom. The van der Waals surface area contributed by atoms with E-state index in [1.807, 2.05) is 0 Å². The van der Waals surface area contributed by atoms with Crippen molar-refractivity contribution in [3.05, 3.63) is 119 Å². The summed E-state index contributed by atoms with van der Waals surface area (Å²) in [6.07, 6.45) is 2.42. The van der Waals surface area contributed by atoms with Crippen molar-refractivity contribution < 1.29 is 4.90 Å². The molecule has 0 aliphatic heterocycles. The van der Waals surface area contributed by atoms with Crippen LogP contribution in [0.3, 0.4) is 0 Å². The summed E-state index contributed by atoms with van der Waals surface area (Å²) in [6, 6.07) is 37.2. The molecule has 4 aromatic rings. The van der Waals surface area contributed by atoms with Crippen molar-refractivity contribution in [2.45, 2.75) is 54.0 Å². The standard InChI is InChI=1S/C36H45NP2/c1-28-8-16-32(17-9-28)38(33-18-10-29(2)11-19-33)26-24-37(36(5,6)7)25-27-39(34-20-12-30(3)13-21-34)35-22-14-31(4)15-23-35/h8-23H,24-27H2,1-7H3/p+1. The summed E-state index contributed by atoms with van der Waals surface area (Å²) in [6.45, 7) is 18.4. The van der Waals surface area contributed by atoms with E-state index in [0.29, 0.717) is 0 Å². The highest BCUT2D eigenvalue weighted by molar-refractivity contribution is 7.73. The molecule has 4 rings (SSSR count). The monoisotopic (exact) mass is 554 g/mol. The first-order chi connectivity index (χ1) is 18.6. The average Bonchev–Trinajstić information content (AvgIpc) is 2.90. The number of nitrogens with one attached hydrogen (secondary N) is 1. The zero-order chi connectivity index (χ0) is 28.0. The van der Waals surface area contributed by atoms with Crippen LogP contribution in [0.15, 0.2) is 97.1 Å². The second kappa shape index (κ2) is 13.4. The van der Waals surface area contributed by atoms with E-state index >= 15 is 0 Å². The molecule has 0 aliphatic carbocycles. The minimum absolute atomic E-state index is 0.198. The number of aryl methyl sites for hydroxylation is 4. The van der Waals surface area contributed by atoms with Gasteiger partial charge in [0.1, 0.15) is 0 Å². The van der Waals surface area contributed by atoms with Crippen LogP contribution in [0.2, 0.25) is 0 Å². The highest BCUT2D eigenvalue weighted by atomic mass is 31.1. The third-order valence-electron chi connectivity index (χ3n) is 7.72. The Labute approximate surface area is 240 Å². The molecule has 0 spiro atoms. The Kier molecular flexibility index (Phi) is 10.2. The normalized spacial score (nSPS) is 12.1. The number of rotatable bonds is 10. The molecule has 3 heteroatoms. The van der Waals surface area contributed by atoms with Gasteiger partial charge < -0.3 is 4.90 Å². The number of benzene rings is 4. The van der Waals surface area contributed by atoms with Gasteiger partial charge in [-0.1, -0.05) is 119 Å². The van der Waals surface area contributed by atoms with Crippen LogP contribution < -0.4 is 26.1 Å². The molecule has 0 saturated carbocycles. The molecule has 0 amide bonds. The van der Waals surface area contributed by atoms with E-state index in [0.717, 1.165) is 0 Å². The topological polar surface area (TPSA) is 4.44 Å². The van der Waals surface area contributed by atoms with Gasteiger partial charge in [-0.25, -0.2) is 0 Å². The Hall–Kier alpha value is -2.30. The van der Waals surface area contributed by atoms with Gasteiger partial charge in [0.15, 0.2) is 0 Å². The molecular formula is C36H46NP2+. The molecule has 0 radical (unpaired) electrons. The molecule has 0 atom stereocenters. The highest BCUT2D eigenvalue weighted by Gasteiger charge is 2.28. The largest absolute Gasteiger partial charge is 0.330 e. The fraction of sp³-hybridized carbons (Fsp3) is 0.333. The van der Waals surface area contributed by atoms with Crippen molar-refractivity contribution in [1.82, 2.24) is 0 Å². The fourth-order valence-corrected chi connectivity index (χ4v) is 9.73. The van der Waals surface area contributed by atoms with Crippen LogP contribution >= 0.6 is 15.8 Å². The fourth-order valence-electron chi connectivity index (χ4n) is 5.08. The lowest BCUT2D eigenvalue weighted by atomic mass is 10.1. The van der Waals surface area contributed by atoms with Gasteiger partial charge in [0.25, 0.3) is 0 Å². The van der Waals surface area contributed by atoms with Crippen LogP contribution in [0.25, 0.3) is 0 Å². The molecule has 0 aliphatic rings. The summed E-state index contributed by atoms with van der Waals surface area (Å²) in [7, 11) is -0.784. The average molecular weight is 555 g/mol. The van der Waals surface area contributed by atoms with E-state index in [1.54, 1.807) is 4.90 Å². The summed E-state index contributed by atoms with van der Waals surface area (Å²) < 4.78 is 0. The Bertz CT molecular complexity index is 1110. The maximum absolute atomic E-state index is 2.42. The zero-order valence-electron chi connectivity index (χ0n) is 25.0. The lowest BCUT2D eigenvalue weighted by Gasteiger charge is -2.35. The molecule has 0 fully saturated rings. The van der Waals surface area contributed by atoms with Crippen molar-refractivity contribution in [3.8, 4) is 0 Å². The van der Waals surface area contributed by atoms with E-state index in [9.17, 15) is 0 Å². The molecule has 0 bridgehead atoms. The third kappa shape index (κ3) is 8.35. The van der Waals surface area contributed by atoms with Gasteiger partial charge in [0, 0.05) is 12.3 Å². The molecule has 204 valence electrons. The summed E-state index contributed by atoms with van der Waals surface area (Å²) in [5.74, 6) is 0. The number of hydrogen-bond acceptors (Lipinski definition) is 0. The van der Waals surface area contributed by atoms with Crippen LogP contribution in [0.4, 0.5) is 0 Å². The predicted molar refractivity (Wildman–Crippen MR) is 177 cm³/mol. The van der Waals surface area contributed by atoms with Crippen molar-refractivity contribution in [2.75, 3.05) is 25.4 Å². The van der Waals surface area contributed by atoms with Crippen LogP contribution in [0.5, 0.6) is 0 Å². The van der Waals surface area contributed by atoms with E-state index < -0.39 is 15.8 Å². The Morgan fingerprint density at radius 3 is 0.872 bits per heavy atom. The maximum atomic E-state index is 2.42. The van der Waals surface area contributed by atoms with Crippen molar-refractivity contribution in [2.24, 2.45) is 0 Å². The SMILES string of the molecule is Cc1ccc(P(CC[NH+](CCP(c2ccc(C)cc2)c2ccc(C)cc2)C(C)(C)C)c2ccc(C)cc2)cc1. The highest BCUT2D eigenvalue weighted by Crippen LogP contribution is 2.34. The molecule has 1 nitrogen and oxygen atoms in total. The van der Waals surface area contributed by atoms with Gasteiger partial charge in [-0.05, 0) is 85.5 Å². The second-order valence-electron chi connectivity index (χ2n) is 12.0. The van der Waals surface area contributed by atoms with Crippen molar-refractivity contribution in [3.63, 3.8) is 0 Å². The van der Waals surface area contributed by atoms with Crippen LogP contribution in [-0.2, 0) is 0 Å². The van der Waals surface area contributed by atoms with Gasteiger partial charge in [-0.15, -0.1) is 0 Å². The molecule has 1 N–H and O–H groups in total. The van der Waals surface area contributed by atoms with E-state index in [-0.39, 0.29) is 5.54 Å². The summed E-state index contributed by atoms with van der Waals surface area (Å²) in [4.78, 5) is 1.71. The minimum atomic E-state index is -0.392. The van der Waals surface area contributed by atoms with E-state index in [2.05, 4.69) is 146 Å². The van der Waals surface area contributed by atoms with Crippen LogP contribution in [0, 0.1) is 27.7 Å². The number of hydrogen-bond donors (Lipinski definition) is 1. The van der Waals surface area contributed by atoms with Gasteiger partial charge in [0.2, 0.25) is 0 Å². The molecule has 0 unspecified atom stereocenters. The van der Waals surface area contributed by atoms with Crippen molar-refractivity contribution >= 4 is 37.1 Å². The van der Waals surface area contributed by atoms with Gasteiger partial charge in [-0.2, -0.15) is 0 Å². The molecule has 0 saturated heterocycles. The summed E-state index contributed by atoms with van der Waals surface area (Å²) in [5.41, 5.74) is 5.53. The van der Waals surface area contributed by atoms with E-state index in [4.69, 9.17) is 0 Å². The predicted octanol–water partition coefficient (Wildman–Crippen LogP) is 6.17. The van der Waals surface area contributed by atoms with Gasteiger partial charge >= 0.3 is 0 Å². The van der Waals surface area contributed by atoms with Crippen LogP contribution in [0.1, 0.15) is 43.0 Å². The smallest absolute Gasteiger partial charge is 0.0891 e. The molecule has 0 aromatic heterocycles. The summed E-state index contributed by atoms with van der Waals surface area (Å²) in [5, 5.41) is 5.98. The Balaban J connectivity index is 1.56. The quantitative estimate of drug-likeness (QED) is 0.224. The third-order valence-corrected chi connectivity index (χ3v) is 12.7. The second-order valence-corrected chi connectivity index (χ2v) is 16.7. The molecule has 39 heavy (non-hydrogen) atoms. The molecule has 0 heterocycles. The molecular weight excluding hydrogens is 508 g/mol. The Morgan fingerprint density at radius 2 is 0.667 bits per heavy atom. The summed E-state index contributed by atoms with van der Waals surface area (Å²) >= 11 is 0. The first kappa shape index (κ1) is 29.7. The minimum Gasteiger partial charge on any atom is -0.330 e. The van der Waals surface area contributed by atoms with Gasteiger partial charge in [-0.3, -0.25) is 0 Å². The van der Waals surface area contributed by atoms with Crippen molar-refractivity contribution in [1.29, 1.82) is 0 Å². The lowest BCUT2D eigenvalue weighted by molar-refractivity contribution is -0.942. The van der Waals surface area contributed by atoms with Gasteiger partial charge in [0.05, 0.1) is 18.6 Å². The lowest BCUT2D eigenvalue weighted by Crippen LogP contribution is -3.19.